The van der Waals surface area contributed by atoms with Crippen molar-refractivity contribution in [3.05, 3.63) is 35.6 Å². The number of carbonyl (C=O) groups excluding carboxylic acids is 1. The molecule has 0 spiro atoms. The summed E-state index contributed by atoms with van der Waals surface area (Å²) in [5, 5.41) is 2.93. The van der Waals surface area contributed by atoms with Crippen molar-refractivity contribution in [1.82, 2.24) is 10.2 Å². The Morgan fingerprint density at radius 2 is 2.00 bits per heavy atom. The topological polar surface area (TPSA) is 66.5 Å². The first-order valence-corrected chi connectivity index (χ1v) is 10.3. The molecule has 0 unspecified atom stereocenters. The summed E-state index contributed by atoms with van der Waals surface area (Å²) in [5.74, 6) is -0.580. The van der Waals surface area contributed by atoms with Crippen molar-refractivity contribution in [2.45, 2.75) is 25.8 Å². The molecule has 0 aromatic heterocycles. The molecule has 1 aliphatic rings. The normalized spacial score (nSPS) is 20.9. The van der Waals surface area contributed by atoms with Gasteiger partial charge in [0.1, 0.15) is 15.7 Å². The second-order valence-electron chi connectivity index (χ2n) is 6.50. The highest BCUT2D eigenvalue weighted by molar-refractivity contribution is 7.90. The summed E-state index contributed by atoms with van der Waals surface area (Å²) in [7, 11) is -3.01. The van der Waals surface area contributed by atoms with Crippen LogP contribution in [0.15, 0.2) is 24.3 Å². The number of rotatable bonds is 7. The number of hydrogen-bond donors (Lipinski definition) is 1. The number of hydrogen-bond acceptors (Lipinski definition) is 4. The van der Waals surface area contributed by atoms with Gasteiger partial charge in [0, 0.05) is 31.9 Å². The summed E-state index contributed by atoms with van der Waals surface area (Å²) in [6.45, 7) is 3.89. The number of nitrogens with one attached hydrogen (secondary N) is 1. The zero-order valence-corrected chi connectivity index (χ0v) is 16.2. The predicted molar refractivity (Wildman–Crippen MR) is 99.5 cm³/mol. The van der Waals surface area contributed by atoms with Gasteiger partial charge in [-0.15, -0.1) is 12.4 Å². The molecule has 1 heterocycles. The molecule has 0 aliphatic carbocycles. The Hall–Kier alpha value is -1.18. The highest BCUT2D eigenvalue weighted by Gasteiger charge is 2.33. The number of benzene rings is 1. The van der Waals surface area contributed by atoms with Gasteiger partial charge in [-0.1, -0.05) is 25.5 Å². The first-order valence-electron chi connectivity index (χ1n) is 8.25. The van der Waals surface area contributed by atoms with Crippen LogP contribution in [0.5, 0.6) is 0 Å². The van der Waals surface area contributed by atoms with Crippen LogP contribution in [-0.2, 0) is 9.84 Å². The van der Waals surface area contributed by atoms with Crippen LogP contribution in [0.1, 0.15) is 30.1 Å². The number of amides is 1. The lowest BCUT2D eigenvalue weighted by atomic mass is 9.98. The Balaban J connectivity index is 0.00000312. The zero-order chi connectivity index (χ0) is 17.7. The molecule has 1 N–H and O–H groups in total. The Morgan fingerprint density at radius 1 is 1.32 bits per heavy atom. The van der Waals surface area contributed by atoms with Crippen molar-refractivity contribution >= 4 is 28.2 Å². The molecule has 2 atom stereocenters. The van der Waals surface area contributed by atoms with Crippen LogP contribution in [0.2, 0.25) is 0 Å². The quantitative estimate of drug-likeness (QED) is 0.771. The maximum Gasteiger partial charge on any atom is 0.254 e. The Kier molecular flexibility index (Phi) is 8.31. The number of carbonyl (C=O) groups is 1. The molecule has 2 rings (SSSR count). The minimum atomic E-state index is -3.01. The molecule has 1 aromatic rings. The minimum Gasteiger partial charge on any atom is -0.348 e. The van der Waals surface area contributed by atoms with E-state index in [2.05, 4.69) is 17.1 Å². The Morgan fingerprint density at radius 3 is 2.60 bits per heavy atom. The third-order valence-electron chi connectivity index (χ3n) is 4.39. The van der Waals surface area contributed by atoms with E-state index in [1.165, 1.54) is 18.4 Å². The van der Waals surface area contributed by atoms with Crippen LogP contribution < -0.4 is 5.32 Å². The molecule has 5 nitrogen and oxygen atoms in total. The Labute approximate surface area is 155 Å². The van der Waals surface area contributed by atoms with Crippen LogP contribution in [0.3, 0.4) is 0 Å². The second kappa shape index (κ2) is 9.50. The van der Waals surface area contributed by atoms with Crippen molar-refractivity contribution < 1.29 is 17.6 Å². The van der Waals surface area contributed by atoms with Crippen LogP contribution in [0.4, 0.5) is 4.39 Å². The lowest BCUT2D eigenvalue weighted by Gasteiger charge is -2.19. The standard InChI is InChI=1S/C17H25FN2O3S.ClH/c1-3-6-13-11-20(9-10-24(2,22)23)12-16(13)19-17(21)14-7-4-5-8-15(14)18;/h4-5,7-8,13,16H,3,6,9-12H2,1-2H3,(H,19,21);1H/t13-,16-;/m0./s1. The molecule has 0 bridgehead atoms. The lowest BCUT2D eigenvalue weighted by Crippen LogP contribution is -2.41. The summed E-state index contributed by atoms with van der Waals surface area (Å²) >= 11 is 0. The van der Waals surface area contributed by atoms with Crippen LogP contribution in [0, 0.1) is 11.7 Å². The van der Waals surface area contributed by atoms with E-state index in [4.69, 9.17) is 0 Å². The van der Waals surface area contributed by atoms with Crippen molar-refractivity contribution in [3.8, 4) is 0 Å². The maximum atomic E-state index is 13.7. The molecule has 25 heavy (non-hydrogen) atoms. The minimum absolute atomic E-state index is 0. The van der Waals surface area contributed by atoms with E-state index >= 15 is 0 Å². The van der Waals surface area contributed by atoms with Gasteiger partial charge in [0.25, 0.3) is 5.91 Å². The van der Waals surface area contributed by atoms with E-state index < -0.39 is 21.6 Å². The third-order valence-corrected chi connectivity index (χ3v) is 5.31. The zero-order valence-electron chi connectivity index (χ0n) is 14.6. The highest BCUT2D eigenvalue weighted by atomic mass is 35.5. The first-order chi connectivity index (χ1) is 11.3. The largest absolute Gasteiger partial charge is 0.348 e. The first kappa shape index (κ1) is 21.9. The van der Waals surface area contributed by atoms with Gasteiger partial charge in [0.05, 0.1) is 11.3 Å². The molecule has 1 amide bonds. The van der Waals surface area contributed by atoms with E-state index in [-0.39, 0.29) is 35.7 Å². The summed E-state index contributed by atoms with van der Waals surface area (Å²) in [6, 6.07) is 5.83. The highest BCUT2D eigenvalue weighted by Crippen LogP contribution is 2.22. The van der Waals surface area contributed by atoms with Gasteiger partial charge >= 0.3 is 0 Å². The Bertz CT molecular complexity index is 684. The van der Waals surface area contributed by atoms with Gasteiger partial charge in [0.15, 0.2) is 0 Å². The summed E-state index contributed by atoms with van der Waals surface area (Å²) < 4.78 is 36.4. The fourth-order valence-corrected chi connectivity index (χ4v) is 3.75. The van der Waals surface area contributed by atoms with E-state index in [0.717, 1.165) is 19.4 Å². The third kappa shape index (κ3) is 6.56. The smallest absolute Gasteiger partial charge is 0.254 e. The fraction of sp³-hybridized carbons (Fsp3) is 0.588. The van der Waals surface area contributed by atoms with Crippen LogP contribution in [-0.4, -0.2) is 56.9 Å². The molecule has 0 saturated carbocycles. The van der Waals surface area contributed by atoms with Gasteiger partial charge < -0.3 is 5.32 Å². The fourth-order valence-electron chi connectivity index (χ4n) is 3.16. The molecular weight excluding hydrogens is 367 g/mol. The number of nitrogens with zero attached hydrogens (tertiary/aromatic N) is 1. The van der Waals surface area contributed by atoms with Crippen molar-refractivity contribution in [3.63, 3.8) is 0 Å². The number of sulfone groups is 1. The van der Waals surface area contributed by atoms with Crippen LogP contribution in [0.25, 0.3) is 0 Å². The van der Waals surface area contributed by atoms with E-state index in [1.807, 2.05) is 0 Å². The summed E-state index contributed by atoms with van der Waals surface area (Å²) in [6.07, 6.45) is 3.15. The van der Waals surface area contributed by atoms with Crippen molar-refractivity contribution in [1.29, 1.82) is 0 Å². The monoisotopic (exact) mass is 392 g/mol. The SMILES string of the molecule is CCC[C@H]1CN(CCS(C)(=O)=O)C[C@@H]1NC(=O)c1ccccc1F.Cl. The second-order valence-corrected chi connectivity index (χ2v) is 8.76. The lowest BCUT2D eigenvalue weighted by molar-refractivity contribution is 0.0925. The molecule has 1 fully saturated rings. The predicted octanol–water partition coefficient (Wildman–Crippen LogP) is 2.12. The van der Waals surface area contributed by atoms with E-state index in [0.29, 0.717) is 13.1 Å². The van der Waals surface area contributed by atoms with Gasteiger partial charge in [0.2, 0.25) is 0 Å². The molecule has 1 saturated heterocycles. The van der Waals surface area contributed by atoms with Crippen LogP contribution >= 0.6 is 12.4 Å². The molecule has 0 radical (unpaired) electrons. The van der Waals surface area contributed by atoms with Crippen molar-refractivity contribution in [2.75, 3.05) is 31.6 Å². The van der Waals surface area contributed by atoms with E-state index in [9.17, 15) is 17.6 Å². The summed E-state index contributed by atoms with van der Waals surface area (Å²) in [4.78, 5) is 14.4. The average molecular weight is 393 g/mol. The molecule has 1 aromatic carbocycles. The number of likely N-dealkylation sites (tertiary alicyclic amines) is 1. The van der Waals surface area contributed by atoms with Gasteiger partial charge in [-0.2, -0.15) is 0 Å². The molecular formula is C17H26ClFN2O3S. The number of halogens is 2. The maximum absolute atomic E-state index is 13.7. The molecule has 142 valence electrons. The van der Waals surface area contributed by atoms with E-state index in [1.54, 1.807) is 12.1 Å². The molecule has 8 heteroatoms. The average Bonchev–Trinajstić information content (AvgIpc) is 2.87. The van der Waals surface area contributed by atoms with Gasteiger partial charge in [-0.25, -0.2) is 12.8 Å². The van der Waals surface area contributed by atoms with Gasteiger partial charge in [-0.05, 0) is 24.5 Å². The van der Waals surface area contributed by atoms with Gasteiger partial charge in [-0.3, -0.25) is 9.69 Å². The molecule has 1 aliphatic heterocycles. The summed E-state index contributed by atoms with van der Waals surface area (Å²) in [5.41, 5.74) is 0.0438. The van der Waals surface area contributed by atoms with Crippen molar-refractivity contribution in [2.24, 2.45) is 5.92 Å².